The van der Waals surface area contributed by atoms with Gasteiger partial charge in [0.15, 0.2) is 0 Å². The summed E-state index contributed by atoms with van der Waals surface area (Å²) in [4.78, 5) is 24.9. The van der Waals surface area contributed by atoms with Gasteiger partial charge in [0.05, 0.1) is 6.10 Å². The summed E-state index contributed by atoms with van der Waals surface area (Å²) < 4.78 is 18.6. The Bertz CT molecular complexity index is 786. The van der Waals surface area contributed by atoms with Gasteiger partial charge in [-0.15, -0.1) is 0 Å². The third-order valence-corrected chi connectivity index (χ3v) is 4.10. The van der Waals surface area contributed by atoms with Gasteiger partial charge in [-0.2, -0.15) is 0 Å². The quantitative estimate of drug-likeness (QED) is 0.727. The second-order valence-electron chi connectivity index (χ2n) is 7.23. The highest BCUT2D eigenvalue weighted by molar-refractivity contribution is 5.97. The maximum atomic E-state index is 13.0. The maximum Gasteiger partial charge on any atom is 0.251 e. The average molecular weight is 386 g/mol. The highest BCUT2D eigenvalue weighted by atomic mass is 19.1. The summed E-state index contributed by atoms with van der Waals surface area (Å²) in [7, 11) is 0. The van der Waals surface area contributed by atoms with Gasteiger partial charge in [-0.3, -0.25) is 9.59 Å². The number of ether oxygens (including phenoxy) is 1. The molecule has 28 heavy (non-hydrogen) atoms. The monoisotopic (exact) mass is 386 g/mol. The molecule has 150 valence electrons. The van der Waals surface area contributed by atoms with Gasteiger partial charge in [0.25, 0.3) is 5.91 Å². The predicted octanol–water partition coefficient (Wildman–Crippen LogP) is 3.68. The Morgan fingerprint density at radius 1 is 0.964 bits per heavy atom. The van der Waals surface area contributed by atoms with Crippen molar-refractivity contribution in [1.82, 2.24) is 10.6 Å². The predicted molar refractivity (Wildman–Crippen MR) is 107 cm³/mol. The van der Waals surface area contributed by atoms with Gasteiger partial charge in [0, 0.05) is 12.1 Å². The Morgan fingerprint density at radius 3 is 2.11 bits per heavy atom. The minimum atomic E-state index is -0.693. The Balaban J connectivity index is 1.95. The smallest absolute Gasteiger partial charge is 0.251 e. The van der Waals surface area contributed by atoms with Crippen LogP contribution in [0.3, 0.4) is 0 Å². The number of hydrogen-bond donors (Lipinski definition) is 2. The van der Waals surface area contributed by atoms with Crippen molar-refractivity contribution in [3.63, 3.8) is 0 Å². The van der Waals surface area contributed by atoms with Crippen LogP contribution >= 0.6 is 0 Å². The summed E-state index contributed by atoms with van der Waals surface area (Å²) in [5.74, 6) is -0.431. The summed E-state index contributed by atoms with van der Waals surface area (Å²) in [6.45, 7) is 7.97. The van der Waals surface area contributed by atoms with Gasteiger partial charge >= 0.3 is 0 Å². The summed E-state index contributed by atoms with van der Waals surface area (Å²) in [5.41, 5.74) is 1.23. The molecule has 0 saturated heterocycles. The minimum Gasteiger partial charge on any atom is -0.491 e. The molecule has 0 fully saturated rings. The molecule has 0 aliphatic heterocycles. The minimum absolute atomic E-state index is 0.0991. The van der Waals surface area contributed by atoms with E-state index >= 15 is 0 Å². The van der Waals surface area contributed by atoms with E-state index in [-0.39, 0.29) is 17.9 Å². The molecule has 2 aromatic carbocycles. The number of rotatable bonds is 8. The molecule has 0 aliphatic rings. The molecule has 0 bridgehead atoms. The Morgan fingerprint density at radius 2 is 1.57 bits per heavy atom. The molecule has 5 nitrogen and oxygen atoms in total. The van der Waals surface area contributed by atoms with E-state index in [9.17, 15) is 14.0 Å². The molecule has 0 radical (unpaired) electrons. The standard InChI is InChI=1S/C22H27FN2O3/c1-14(2)20(25-21(26)17-7-9-18(23)10-8-17)22(27)24-13-16-5-11-19(12-6-16)28-15(3)4/h5-12,14-15,20H,13H2,1-4H3,(H,24,27)(H,25,26). The van der Waals surface area contributed by atoms with Gasteiger partial charge in [0.1, 0.15) is 17.6 Å². The number of hydrogen-bond acceptors (Lipinski definition) is 3. The number of halogens is 1. The fourth-order valence-corrected chi connectivity index (χ4v) is 2.62. The van der Waals surface area contributed by atoms with E-state index < -0.39 is 17.8 Å². The maximum absolute atomic E-state index is 13.0. The molecule has 0 aliphatic carbocycles. The lowest BCUT2D eigenvalue weighted by Gasteiger charge is -2.22. The third kappa shape index (κ3) is 6.37. The van der Waals surface area contributed by atoms with E-state index in [2.05, 4.69) is 10.6 Å². The van der Waals surface area contributed by atoms with E-state index in [4.69, 9.17) is 4.74 Å². The molecular weight excluding hydrogens is 359 g/mol. The van der Waals surface area contributed by atoms with Crippen molar-refractivity contribution in [2.75, 3.05) is 0 Å². The van der Waals surface area contributed by atoms with Crippen molar-refractivity contribution >= 4 is 11.8 Å². The Kier molecular flexibility index (Phi) is 7.55. The first-order valence-corrected chi connectivity index (χ1v) is 9.36. The zero-order valence-corrected chi connectivity index (χ0v) is 16.7. The Hall–Kier alpha value is -2.89. The van der Waals surface area contributed by atoms with Crippen LogP contribution in [0.15, 0.2) is 48.5 Å². The molecule has 0 aromatic heterocycles. The number of benzene rings is 2. The number of nitrogens with one attached hydrogen (secondary N) is 2. The Labute approximate surface area is 165 Å². The van der Waals surface area contributed by atoms with Gasteiger partial charge < -0.3 is 15.4 Å². The highest BCUT2D eigenvalue weighted by Gasteiger charge is 2.24. The molecular formula is C22H27FN2O3. The van der Waals surface area contributed by atoms with Crippen molar-refractivity contribution in [1.29, 1.82) is 0 Å². The highest BCUT2D eigenvalue weighted by Crippen LogP contribution is 2.14. The second-order valence-corrected chi connectivity index (χ2v) is 7.23. The lowest BCUT2D eigenvalue weighted by atomic mass is 10.0. The average Bonchev–Trinajstić information content (AvgIpc) is 2.65. The van der Waals surface area contributed by atoms with Crippen LogP contribution < -0.4 is 15.4 Å². The van der Waals surface area contributed by atoms with Crippen LogP contribution in [0.5, 0.6) is 5.75 Å². The zero-order chi connectivity index (χ0) is 20.7. The summed E-state index contributed by atoms with van der Waals surface area (Å²) in [6, 6.07) is 12.0. The lowest BCUT2D eigenvalue weighted by molar-refractivity contribution is -0.124. The van der Waals surface area contributed by atoms with Crippen LogP contribution in [0.25, 0.3) is 0 Å². The van der Waals surface area contributed by atoms with Gasteiger partial charge in [-0.05, 0) is 61.7 Å². The summed E-state index contributed by atoms with van der Waals surface area (Å²) >= 11 is 0. The molecule has 1 atom stereocenters. The molecule has 2 aromatic rings. The van der Waals surface area contributed by atoms with Crippen molar-refractivity contribution in [2.45, 2.75) is 46.4 Å². The summed E-state index contributed by atoms with van der Waals surface area (Å²) in [5, 5.41) is 5.58. The first-order chi connectivity index (χ1) is 13.3. The molecule has 2 amide bonds. The van der Waals surface area contributed by atoms with Crippen molar-refractivity contribution in [2.24, 2.45) is 5.92 Å². The first kappa shape index (κ1) is 21.4. The van der Waals surface area contributed by atoms with Crippen LogP contribution in [0, 0.1) is 11.7 Å². The topological polar surface area (TPSA) is 67.4 Å². The van der Waals surface area contributed by atoms with Crippen molar-refractivity contribution in [3.05, 3.63) is 65.5 Å². The molecule has 2 rings (SSSR count). The second kappa shape index (κ2) is 9.88. The zero-order valence-electron chi connectivity index (χ0n) is 16.7. The lowest BCUT2D eigenvalue weighted by Crippen LogP contribution is -2.49. The van der Waals surface area contributed by atoms with E-state index in [1.165, 1.54) is 24.3 Å². The summed E-state index contributed by atoms with van der Waals surface area (Å²) in [6.07, 6.45) is 0.0991. The third-order valence-electron chi connectivity index (χ3n) is 4.10. The number of carbonyl (C=O) groups excluding carboxylic acids is 2. The van der Waals surface area contributed by atoms with Crippen LogP contribution in [0.2, 0.25) is 0 Å². The molecule has 2 N–H and O–H groups in total. The van der Waals surface area contributed by atoms with Gasteiger partial charge in [-0.1, -0.05) is 26.0 Å². The van der Waals surface area contributed by atoms with Crippen LogP contribution in [-0.4, -0.2) is 24.0 Å². The molecule has 6 heteroatoms. The van der Waals surface area contributed by atoms with Crippen molar-refractivity contribution < 1.29 is 18.7 Å². The van der Waals surface area contributed by atoms with Crippen LogP contribution in [0.4, 0.5) is 4.39 Å². The molecule has 0 spiro atoms. The van der Waals surface area contributed by atoms with Crippen LogP contribution in [-0.2, 0) is 11.3 Å². The van der Waals surface area contributed by atoms with Gasteiger partial charge in [-0.25, -0.2) is 4.39 Å². The first-order valence-electron chi connectivity index (χ1n) is 9.36. The fraction of sp³-hybridized carbons (Fsp3) is 0.364. The van der Waals surface area contributed by atoms with Crippen molar-refractivity contribution in [3.8, 4) is 5.75 Å². The van der Waals surface area contributed by atoms with Crippen LogP contribution in [0.1, 0.15) is 43.6 Å². The largest absolute Gasteiger partial charge is 0.491 e. The number of amides is 2. The fourth-order valence-electron chi connectivity index (χ4n) is 2.62. The number of carbonyl (C=O) groups is 2. The van der Waals surface area contributed by atoms with E-state index in [0.29, 0.717) is 12.1 Å². The molecule has 0 heterocycles. The van der Waals surface area contributed by atoms with E-state index in [1.807, 2.05) is 52.0 Å². The SMILES string of the molecule is CC(C)Oc1ccc(CNC(=O)C(NC(=O)c2ccc(F)cc2)C(C)C)cc1. The van der Waals surface area contributed by atoms with E-state index in [1.54, 1.807) is 0 Å². The van der Waals surface area contributed by atoms with E-state index in [0.717, 1.165) is 11.3 Å². The van der Waals surface area contributed by atoms with Gasteiger partial charge in [0.2, 0.25) is 5.91 Å². The molecule has 0 saturated carbocycles. The normalized spacial score (nSPS) is 12.0. The molecule has 1 unspecified atom stereocenters.